The SMILES string of the molecule is CCNCC(C)C(=O)Nc1cc2c(cc1Cl)NC(=O)CO2. The molecule has 0 saturated heterocycles. The van der Waals surface area contributed by atoms with Crippen molar-refractivity contribution in [2.45, 2.75) is 13.8 Å². The summed E-state index contributed by atoms with van der Waals surface area (Å²) in [4.78, 5) is 23.3. The van der Waals surface area contributed by atoms with Crippen LogP contribution in [0.15, 0.2) is 12.1 Å². The first-order chi connectivity index (χ1) is 10.0. The van der Waals surface area contributed by atoms with Gasteiger partial charge in [-0.15, -0.1) is 0 Å². The summed E-state index contributed by atoms with van der Waals surface area (Å²) in [7, 11) is 0. The van der Waals surface area contributed by atoms with E-state index in [1.54, 1.807) is 12.1 Å². The highest BCUT2D eigenvalue weighted by atomic mass is 35.5. The minimum Gasteiger partial charge on any atom is -0.482 e. The van der Waals surface area contributed by atoms with Crippen molar-refractivity contribution < 1.29 is 14.3 Å². The van der Waals surface area contributed by atoms with E-state index in [4.69, 9.17) is 16.3 Å². The fraction of sp³-hybridized carbons (Fsp3) is 0.429. The Morgan fingerprint density at radius 2 is 2.29 bits per heavy atom. The lowest BCUT2D eigenvalue weighted by Crippen LogP contribution is -2.30. The van der Waals surface area contributed by atoms with Gasteiger partial charge < -0.3 is 20.7 Å². The van der Waals surface area contributed by atoms with Crippen molar-refractivity contribution in [2.75, 3.05) is 30.3 Å². The number of carbonyl (C=O) groups excluding carboxylic acids is 2. The summed E-state index contributed by atoms with van der Waals surface area (Å²) in [5.41, 5.74) is 0.981. The number of benzene rings is 1. The van der Waals surface area contributed by atoms with Crippen molar-refractivity contribution in [2.24, 2.45) is 5.92 Å². The van der Waals surface area contributed by atoms with Crippen LogP contribution in [0, 0.1) is 5.92 Å². The molecule has 1 atom stereocenters. The second kappa shape index (κ2) is 6.78. The average molecular weight is 312 g/mol. The lowest BCUT2D eigenvalue weighted by atomic mass is 10.1. The molecule has 3 N–H and O–H groups in total. The number of rotatable bonds is 5. The maximum Gasteiger partial charge on any atom is 0.262 e. The van der Waals surface area contributed by atoms with Crippen molar-refractivity contribution >= 4 is 34.8 Å². The fourth-order valence-electron chi connectivity index (χ4n) is 1.91. The summed E-state index contributed by atoms with van der Waals surface area (Å²) in [6.07, 6.45) is 0. The Morgan fingerprint density at radius 3 is 3.00 bits per heavy atom. The molecule has 0 saturated carbocycles. The molecule has 1 aliphatic heterocycles. The second-order valence-electron chi connectivity index (χ2n) is 4.86. The molecule has 1 aromatic rings. The molecule has 1 unspecified atom stereocenters. The van der Waals surface area contributed by atoms with Crippen molar-refractivity contribution in [1.82, 2.24) is 5.32 Å². The standard InChI is InChI=1S/C14H18ClN3O3/c1-3-16-6-8(2)14(20)18-10-5-12-11(4-9(10)15)17-13(19)7-21-12/h4-5,8,16H,3,6-7H2,1-2H3,(H,17,19)(H,18,20). The number of halogens is 1. The lowest BCUT2D eigenvalue weighted by molar-refractivity contribution is -0.119. The Hall–Kier alpha value is -1.79. The highest BCUT2D eigenvalue weighted by Gasteiger charge is 2.20. The van der Waals surface area contributed by atoms with Gasteiger partial charge in [-0.25, -0.2) is 0 Å². The van der Waals surface area contributed by atoms with Gasteiger partial charge in [0.1, 0.15) is 5.75 Å². The van der Waals surface area contributed by atoms with Crippen LogP contribution < -0.4 is 20.7 Å². The molecular weight excluding hydrogens is 294 g/mol. The van der Waals surface area contributed by atoms with Gasteiger partial charge in [-0.3, -0.25) is 9.59 Å². The molecule has 1 aromatic carbocycles. The number of fused-ring (bicyclic) bond motifs is 1. The predicted octanol–water partition coefficient (Wildman–Crippen LogP) is 1.85. The van der Waals surface area contributed by atoms with Crippen LogP contribution in [0.4, 0.5) is 11.4 Å². The molecule has 1 heterocycles. The zero-order chi connectivity index (χ0) is 15.4. The van der Waals surface area contributed by atoms with Gasteiger partial charge in [0.2, 0.25) is 5.91 Å². The molecule has 0 spiro atoms. The van der Waals surface area contributed by atoms with Crippen LogP contribution in [-0.2, 0) is 9.59 Å². The minimum atomic E-state index is -0.227. The second-order valence-corrected chi connectivity index (χ2v) is 5.27. The Bertz CT molecular complexity index is 563. The van der Waals surface area contributed by atoms with Gasteiger partial charge in [-0.2, -0.15) is 0 Å². The Labute approximate surface area is 128 Å². The van der Waals surface area contributed by atoms with Gasteiger partial charge in [-0.1, -0.05) is 25.4 Å². The first-order valence-corrected chi connectivity index (χ1v) is 7.16. The molecule has 0 aliphatic carbocycles. The monoisotopic (exact) mass is 311 g/mol. The minimum absolute atomic E-state index is 0.0428. The average Bonchev–Trinajstić information content (AvgIpc) is 2.45. The van der Waals surface area contributed by atoms with Gasteiger partial charge in [0.25, 0.3) is 5.91 Å². The molecule has 6 nitrogen and oxygen atoms in total. The maximum atomic E-state index is 12.1. The van der Waals surface area contributed by atoms with Crippen LogP contribution in [-0.4, -0.2) is 31.5 Å². The quantitative estimate of drug-likeness (QED) is 0.775. The van der Waals surface area contributed by atoms with Crippen molar-refractivity contribution in [3.05, 3.63) is 17.2 Å². The third kappa shape index (κ3) is 3.86. The number of amides is 2. The molecule has 21 heavy (non-hydrogen) atoms. The summed E-state index contributed by atoms with van der Waals surface area (Å²) in [5, 5.41) is 8.91. The predicted molar refractivity (Wildman–Crippen MR) is 81.9 cm³/mol. The fourth-order valence-corrected chi connectivity index (χ4v) is 2.12. The third-order valence-corrected chi connectivity index (χ3v) is 3.42. The van der Waals surface area contributed by atoms with E-state index in [-0.39, 0.29) is 24.3 Å². The van der Waals surface area contributed by atoms with E-state index < -0.39 is 0 Å². The van der Waals surface area contributed by atoms with E-state index in [2.05, 4.69) is 16.0 Å². The van der Waals surface area contributed by atoms with E-state index in [1.165, 1.54) is 0 Å². The topological polar surface area (TPSA) is 79.5 Å². The number of hydrogen-bond acceptors (Lipinski definition) is 4. The van der Waals surface area contributed by atoms with Gasteiger partial charge in [0.05, 0.1) is 16.4 Å². The largest absolute Gasteiger partial charge is 0.482 e. The maximum absolute atomic E-state index is 12.1. The van der Waals surface area contributed by atoms with Crippen LogP contribution in [0.1, 0.15) is 13.8 Å². The molecule has 2 rings (SSSR count). The highest BCUT2D eigenvalue weighted by Crippen LogP contribution is 2.36. The van der Waals surface area contributed by atoms with Gasteiger partial charge in [-0.05, 0) is 12.6 Å². The smallest absolute Gasteiger partial charge is 0.262 e. The van der Waals surface area contributed by atoms with Crippen LogP contribution in [0.2, 0.25) is 5.02 Å². The number of carbonyl (C=O) groups is 2. The van der Waals surface area contributed by atoms with Crippen molar-refractivity contribution in [3.8, 4) is 5.75 Å². The first-order valence-electron chi connectivity index (χ1n) is 6.79. The zero-order valence-electron chi connectivity index (χ0n) is 12.0. The Morgan fingerprint density at radius 1 is 1.52 bits per heavy atom. The zero-order valence-corrected chi connectivity index (χ0v) is 12.7. The number of hydrogen-bond donors (Lipinski definition) is 3. The molecule has 0 fully saturated rings. The number of nitrogens with one attached hydrogen (secondary N) is 3. The van der Waals surface area contributed by atoms with E-state index >= 15 is 0 Å². The van der Waals surface area contributed by atoms with Crippen molar-refractivity contribution in [1.29, 1.82) is 0 Å². The Balaban J connectivity index is 2.10. The number of anilines is 2. The molecule has 1 aliphatic rings. The van der Waals surface area contributed by atoms with Crippen LogP contribution in [0.25, 0.3) is 0 Å². The van der Waals surface area contributed by atoms with Crippen LogP contribution >= 0.6 is 11.6 Å². The summed E-state index contributed by atoms with van der Waals surface area (Å²) < 4.78 is 5.30. The summed E-state index contributed by atoms with van der Waals surface area (Å²) >= 11 is 6.12. The van der Waals surface area contributed by atoms with Crippen LogP contribution in [0.5, 0.6) is 5.75 Å². The Kier molecular flexibility index (Phi) is 5.03. The van der Waals surface area contributed by atoms with E-state index in [0.29, 0.717) is 28.7 Å². The van der Waals surface area contributed by atoms with Gasteiger partial charge in [0, 0.05) is 18.5 Å². The van der Waals surface area contributed by atoms with Gasteiger partial charge in [0.15, 0.2) is 6.61 Å². The third-order valence-electron chi connectivity index (χ3n) is 3.11. The van der Waals surface area contributed by atoms with Gasteiger partial charge >= 0.3 is 0 Å². The molecule has 114 valence electrons. The summed E-state index contributed by atoms with van der Waals surface area (Å²) in [6.45, 7) is 5.18. The summed E-state index contributed by atoms with van der Waals surface area (Å²) in [6, 6.07) is 3.19. The molecule has 0 radical (unpaired) electrons. The van der Waals surface area contributed by atoms with E-state index in [0.717, 1.165) is 6.54 Å². The van der Waals surface area contributed by atoms with E-state index in [9.17, 15) is 9.59 Å². The van der Waals surface area contributed by atoms with Crippen molar-refractivity contribution in [3.63, 3.8) is 0 Å². The molecule has 7 heteroatoms. The van der Waals surface area contributed by atoms with E-state index in [1.807, 2.05) is 13.8 Å². The molecule has 0 bridgehead atoms. The van der Waals surface area contributed by atoms with Crippen LogP contribution in [0.3, 0.4) is 0 Å². The normalized spacial score (nSPS) is 14.7. The molecule has 2 amide bonds. The lowest BCUT2D eigenvalue weighted by Gasteiger charge is -2.20. The summed E-state index contributed by atoms with van der Waals surface area (Å²) in [5.74, 6) is -0.0430. The number of ether oxygens (including phenoxy) is 1. The highest BCUT2D eigenvalue weighted by molar-refractivity contribution is 6.34. The first kappa shape index (κ1) is 15.6. The molecule has 0 aromatic heterocycles. The molecular formula is C14H18ClN3O3.